The summed E-state index contributed by atoms with van der Waals surface area (Å²) in [6.45, 7) is 7.00. The topological polar surface area (TPSA) is 18.5 Å². The van der Waals surface area contributed by atoms with Crippen LogP contribution in [0.5, 0.6) is 5.75 Å². The molecule has 0 aromatic heterocycles. The Morgan fingerprint density at radius 1 is 1.23 bits per heavy atom. The smallest absolute Gasteiger partial charge is 0.393 e. The summed E-state index contributed by atoms with van der Waals surface area (Å²) >= 11 is 0. The van der Waals surface area contributed by atoms with Crippen molar-refractivity contribution in [1.29, 1.82) is 0 Å². The molecule has 1 aliphatic heterocycles. The van der Waals surface area contributed by atoms with Crippen molar-refractivity contribution in [2.75, 3.05) is 6.61 Å². The van der Waals surface area contributed by atoms with Gasteiger partial charge in [-0.3, -0.25) is 0 Å². The van der Waals surface area contributed by atoms with E-state index in [-0.39, 0.29) is 6.29 Å². The van der Waals surface area contributed by atoms with Crippen molar-refractivity contribution >= 4 is 13.3 Å². The van der Waals surface area contributed by atoms with Crippen LogP contribution >= 0.6 is 0 Å². The third-order valence-corrected chi connectivity index (χ3v) is 5.66. The van der Waals surface area contributed by atoms with E-state index in [9.17, 15) is 13.2 Å². The van der Waals surface area contributed by atoms with Crippen molar-refractivity contribution in [3.05, 3.63) is 23.8 Å². The van der Waals surface area contributed by atoms with Crippen molar-refractivity contribution in [1.82, 2.24) is 0 Å². The van der Waals surface area contributed by atoms with Gasteiger partial charge in [-0.25, -0.2) is 0 Å². The van der Waals surface area contributed by atoms with Crippen LogP contribution in [0.3, 0.4) is 0 Å². The lowest BCUT2D eigenvalue weighted by molar-refractivity contribution is -0.127. The minimum atomic E-state index is -4.19. The van der Waals surface area contributed by atoms with Crippen LogP contribution in [-0.2, 0) is 11.2 Å². The van der Waals surface area contributed by atoms with Gasteiger partial charge in [0.05, 0.1) is 21.1 Å². The molecule has 0 bridgehead atoms. The Hall–Kier alpha value is -1.01. The van der Waals surface area contributed by atoms with Gasteiger partial charge < -0.3 is 9.47 Å². The molecule has 1 fully saturated rings. The standard InChI is InChI=1S/C16H23F3O2Si/c1-22(2,3)14-10-12(11-16(17,18)19)7-8-13(14)21-15-6-4-5-9-20-15/h7-8,10,15H,4-6,9,11H2,1-3H3. The Morgan fingerprint density at radius 2 is 1.95 bits per heavy atom. The number of rotatable bonds is 4. The first-order chi connectivity index (χ1) is 10.1. The van der Waals surface area contributed by atoms with Gasteiger partial charge in [-0.05, 0) is 29.7 Å². The average molecular weight is 332 g/mol. The molecule has 1 aliphatic rings. The van der Waals surface area contributed by atoms with Gasteiger partial charge in [0.2, 0.25) is 0 Å². The highest BCUT2D eigenvalue weighted by molar-refractivity contribution is 6.89. The third-order valence-electron chi connectivity index (χ3n) is 3.65. The molecule has 0 N–H and O–H groups in total. The van der Waals surface area contributed by atoms with Crippen molar-refractivity contribution in [2.24, 2.45) is 0 Å². The molecule has 0 saturated carbocycles. The molecule has 2 nitrogen and oxygen atoms in total. The molecule has 1 unspecified atom stereocenters. The largest absolute Gasteiger partial charge is 0.465 e. The first-order valence-corrected chi connectivity index (χ1v) is 11.1. The first-order valence-electron chi connectivity index (χ1n) is 7.63. The molecule has 0 radical (unpaired) electrons. The lowest BCUT2D eigenvalue weighted by Crippen LogP contribution is -2.40. The van der Waals surface area contributed by atoms with Gasteiger partial charge in [0.25, 0.3) is 0 Å². The third kappa shape index (κ3) is 5.02. The van der Waals surface area contributed by atoms with Gasteiger partial charge in [-0.1, -0.05) is 31.8 Å². The molecule has 1 saturated heterocycles. The lowest BCUT2D eigenvalue weighted by atomic mass is 10.1. The summed E-state index contributed by atoms with van der Waals surface area (Å²) in [5, 5.41) is 0.920. The fourth-order valence-electron chi connectivity index (χ4n) is 2.55. The molecule has 124 valence electrons. The van der Waals surface area contributed by atoms with Gasteiger partial charge in [-0.15, -0.1) is 0 Å². The summed E-state index contributed by atoms with van der Waals surface area (Å²) in [4.78, 5) is 0. The lowest BCUT2D eigenvalue weighted by Gasteiger charge is -2.28. The van der Waals surface area contributed by atoms with Gasteiger partial charge in [0.15, 0.2) is 6.29 Å². The van der Waals surface area contributed by atoms with Crippen LogP contribution in [0.15, 0.2) is 18.2 Å². The average Bonchev–Trinajstić information content (AvgIpc) is 2.39. The van der Waals surface area contributed by atoms with E-state index in [1.807, 2.05) is 0 Å². The van der Waals surface area contributed by atoms with Crippen LogP contribution in [0.2, 0.25) is 19.6 Å². The van der Waals surface area contributed by atoms with Crippen LogP contribution < -0.4 is 9.92 Å². The van der Waals surface area contributed by atoms with E-state index in [1.54, 1.807) is 12.1 Å². The maximum Gasteiger partial charge on any atom is 0.393 e. The molecule has 22 heavy (non-hydrogen) atoms. The Labute approximate surface area is 130 Å². The van der Waals surface area contributed by atoms with E-state index in [4.69, 9.17) is 9.47 Å². The van der Waals surface area contributed by atoms with Crippen molar-refractivity contribution in [3.8, 4) is 5.75 Å². The minimum absolute atomic E-state index is 0.280. The monoisotopic (exact) mass is 332 g/mol. The van der Waals surface area contributed by atoms with Gasteiger partial charge in [0.1, 0.15) is 5.75 Å². The predicted octanol–water partition coefficient (Wildman–Crippen LogP) is 4.24. The molecule has 2 rings (SSSR count). The molecule has 1 aromatic carbocycles. The van der Waals surface area contributed by atoms with Crippen LogP contribution in [0.4, 0.5) is 13.2 Å². The quantitative estimate of drug-likeness (QED) is 0.768. The van der Waals surface area contributed by atoms with E-state index in [0.717, 1.165) is 24.4 Å². The Balaban J connectivity index is 2.24. The predicted molar refractivity (Wildman–Crippen MR) is 83.4 cm³/mol. The first kappa shape index (κ1) is 17.3. The molecule has 1 aromatic rings. The van der Waals surface area contributed by atoms with Gasteiger partial charge in [-0.2, -0.15) is 13.2 Å². The van der Waals surface area contributed by atoms with E-state index in [2.05, 4.69) is 19.6 Å². The van der Waals surface area contributed by atoms with Crippen LogP contribution in [-0.4, -0.2) is 27.1 Å². The zero-order chi connectivity index (χ0) is 16.4. The highest BCUT2D eigenvalue weighted by Crippen LogP contribution is 2.25. The highest BCUT2D eigenvalue weighted by atomic mass is 28.3. The van der Waals surface area contributed by atoms with Crippen molar-refractivity contribution < 1.29 is 22.6 Å². The number of benzene rings is 1. The maximum absolute atomic E-state index is 12.6. The summed E-state index contributed by atoms with van der Waals surface area (Å²) in [6, 6.07) is 4.85. The van der Waals surface area contributed by atoms with E-state index >= 15 is 0 Å². The normalized spacial score (nSPS) is 20.0. The maximum atomic E-state index is 12.6. The Kier molecular flexibility index (Phi) is 5.22. The molecule has 6 heteroatoms. The van der Waals surface area contributed by atoms with Crippen molar-refractivity contribution in [3.63, 3.8) is 0 Å². The van der Waals surface area contributed by atoms with E-state index in [0.29, 0.717) is 17.9 Å². The molecule has 0 spiro atoms. The van der Waals surface area contributed by atoms with E-state index < -0.39 is 20.7 Å². The summed E-state index contributed by atoms with van der Waals surface area (Å²) in [7, 11) is -1.82. The Bertz CT molecular complexity index is 503. The molecular formula is C16H23F3O2Si. The summed E-state index contributed by atoms with van der Waals surface area (Å²) in [5.41, 5.74) is 0.293. The number of ether oxygens (including phenoxy) is 2. The minimum Gasteiger partial charge on any atom is -0.465 e. The molecule has 0 amide bonds. The molecule has 1 atom stereocenters. The number of hydrogen-bond donors (Lipinski definition) is 0. The summed E-state index contributed by atoms with van der Waals surface area (Å²) in [5.74, 6) is 0.678. The number of alkyl halides is 3. The molecular weight excluding hydrogens is 309 g/mol. The highest BCUT2D eigenvalue weighted by Gasteiger charge is 2.30. The fourth-order valence-corrected chi connectivity index (χ4v) is 4.05. The Morgan fingerprint density at radius 3 is 2.50 bits per heavy atom. The second-order valence-electron chi connectivity index (χ2n) is 6.79. The van der Waals surface area contributed by atoms with Gasteiger partial charge in [0, 0.05) is 6.42 Å². The molecule has 1 heterocycles. The molecule has 0 aliphatic carbocycles. The van der Waals surface area contributed by atoms with Crippen molar-refractivity contribution in [2.45, 2.75) is 57.8 Å². The second kappa shape index (κ2) is 6.62. The van der Waals surface area contributed by atoms with Crippen LogP contribution in [0.25, 0.3) is 0 Å². The fraction of sp³-hybridized carbons (Fsp3) is 0.625. The summed E-state index contributed by atoms with van der Waals surface area (Å²) in [6.07, 6.45) is -2.45. The van der Waals surface area contributed by atoms with Gasteiger partial charge >= 0.3 is 6.18 Å². The zero-order valence-electron chi connectivity index (χ0n) is 13.3. The summed E-state index contributed by atoms with van der Waals surface area (Å²) < 4.78 is 49.3. The SMILES string of the molecule is C[Si](C)(C)c1cc(CC(F)(F)F)ccc1OC1CCCCO1. The van der Waals surface area contributed by atoms with E-state index in [1.165, 1.54) is 6.07 Å². The number of halogens is 3. The van der Waals surface area contributed by atoms with Crippen LogP contribution in [0, 0.1) is 0 Å². The second-order valence-corrected chi connectivity index (χ2v) is 11.8. The number of hydrogen-bond acceptors (Lipinski definition) is 2. The van der Waals surface area contributed by atoms with Crippen LogP contribution in [0.1, 0.15) is 24.8 Å². The zero-order valence-corrected chi connectivity index (χ0v) is 14.3.